The number of amides is 1. The van der Waals surface area contributed by atoms with Crippen LogP contribution >= 0.6 is 0 Å². The van der Waals surface area contributed by atoms with Crippen LogP contribution < -0.4 is 16.2 Å². The molecule has 0 bridgehead atoms. The average molecular weight is 299 g/mol. The van der Waals surface area contributed by atoms with Crippen LogP contribution in [-0.2, 0) is 14.8 Å². The van der Waals surface area contributed by atoms with Gasteiger partial charge in [0.2, 0.25) is 15.9 Å². The Bertz CT molecular complexity index is 585. The Morgan fingerprint density at radius 2 is 2.05 bits per heavy atom. The molecule has 0 aliphatic rings. The monoisotopic (exact) mass is 299 g/mol. The van der Waals surface area contributed by atoms with Crippen molar-refractivity contribution in [3.8, 4) is 0 Å². The molecule has 0 radical (unpaired) electrons. The van der Waals surface area contributed by atoms with Gasteiger partial charge in [0.05, 0.1) is 4.90 Å². The summed E-state index contributed by atoms with van der Waals surface area (Å²) in [7, 11) is -3.78. The van der Waals surface area contributed by atoms with E-state index in [2.05, 4.69) is 5.32 Å². The van der Waals surface area contributed by atoms with E-state index in [1.54, 1.807) is 13.0 Å². The summed E-state index contributed by atoms with van der Waals surface area (Å²) < 4.78 is 22.6. The van der Waals surface area contributed by atoms with Crippen molar-refractivity contribution < 1.29 is 13.2 Å². The molecule has 1 atom stereocenters. The normalized spacial score (nSPS) is 13.0. The average Bonchev–Trinajstić information content (AvgIpc) is 2.37. The number of aryl methyl sites for hydroxylation is 1. The third kappa shape index (κ3) is 4.92. The SMILES string of the molecule is Cc1ccc(S(N)(=O)=O)cc1NC(=O)CCC(C)CN. The smallest absolute Gasteiger partial charge is 0.238 e. The van der Waals surface area contributed by atoms with Crippen molar-refractivity contribution >= 4 is 21.6 Å². The predicted octanol–water partition coefficient (Wildman–Crippen LogP) is 0.956. The van der Waals surface area contributed by atoms with E-state index in [9.17, 15) is 13.2 Å². The molecule has 0 fully saturated rings. The van der Waals surface area contributed by atoms with Crippen molar-refractivity contribution in [2.24, 2.45) is 16.8 Å². The van der Waals surface area contributed by atoms with Gasteiger partial charge in [-0.2, -0.15) is 0 Å². The van der Waals surface area contributed by atoms with Gasteiger partial charge in [-0.1, -0.05) is 13.0 Å². The van der Waals surface area contributed by atoms with Crippen molar-refractivity contribution in [3.05, 3.63) is 23.8 Å². The first kappa shape index (κ1) is 16.6. The number of rotatable bonds is 6. The van der Waals surface area contributed by atoms with Gasteiger partial charge in [0, 0.05) is 12.1 Å². The van der Waals surface area contributed by atoms with Crippen molar-refractivity contribution in [2.45, 2.75) is 31.6 Å². The molecule has 20 heavy (non-hydrogen) atoms. The number of carbonyl (C=O) groups excluding carboxylic acids is 1. The summed E-state index contributed by atoms with van der Waals surface area (Å²) in [6.07, 6.45) is 1.04. The summed E-state index contributed by atoms with van der Waals surface area (Å²) in [6.45, 7) is 4.29. The molecule has 0 aromatic heterocycles. The third-order valence-corrected chi connectivity index (χ3v) is 3.99. The summed E-state index contributed by atoms with van der Waals surface area (Å²) in [6, 6.07) is 4.39. The Morgan fingerprint density at radius 1 is 1.40 bits per heavy atom. The van der Waals surface area contributed by atoms with Crippen molar-refractivity contribution in [1.29, 1.82) is 0 Å². The van der Waals surface area contributed by atoms with E-state index >= 15 is 0 Å². The third-order valence-electron chi connectivity index (χ3n) is 3.08. The highest BCUT2D eigenvalue weighted by Gasteiger charge is 2.12. The summed E-state index contributed by atoms with van der Waals surface area (Å²) in [5.74, 6) is 0.109. The van der Waals surface area contributed by atoms with Gasteiger partial charge < -0.3 is 11.1 Å². The number of nitrogens with one attached hydrogen (secondary N) is 1. The van der Waals surface area contributed by atoms with Crippen LogP contribution in [0.4, 0.5) is 5.69 Å². The van der Waals surface area contributed by atoms with Crippen LogP contribution in [0, 0.1) is 12.8 Å². The summed E-state index contributed by atoms with van der Waals surface area (Å²) in [5, 5.41) is 7.77. The number of benzene rings is 1. The van der Waals surface area contributed by atoms with E-state index < -0.39 is 10.0 Å². The van der Waals surface area contributed by atoms with Crippen LogP contribution in [0.5, 0.6) is 0 Å². The minimum Gasteiger partial charge on any atom is -0.330 e. The minimum atomic E-state index is -3.78. The maximum atomic E-state index is 11.8. The van der Waals surface area contributed by atoms with Gasteiger partial charge in [0.15, 0.2) is 0 Å². The number of nitrogens with two attached hydrogens (primary N) is 2. The summed E-state index contributed by atoms with van der Waals surface area (Å²) in [4.78, 5) is 11.8. The second-order valence-electron chi connectivity index (χ2n) is 4.95. The zero-order valence-corrected chi connectivity index (χ0v) is 12.5. The molecule has 5 N–H and O–H groups in total. The van der Waals surface area contributed by atoms with Gasteiger partial charge in [-0.25, -0.2) is 13.6 Å². The number of hydrogen-bond donors (Lipinski definition) is 3. The molecule has 1 amide bonds. The topological polar surface area (TPSA) is 115 Å². The van der Waals surface area contributed by atoms with Gasteiger partial charge in [0.1, 0.15) is 0 Å². The highest BCUT2D eigenvalue weighted by molar-refractivity contribution is 7.89. The zero-order valence-electron chi connectivity index (χ0n) is 11.7. The second-order valence-corrected chi connectivity index (χ2v) is 6.51. The lowest BCUT2D eigenvalue weighted by Crippen LogP contribution is -2.17. The first-order valence-corrected chi connectivity index (χ1v) is 7.92. The molecule has 1 unspecified atom stereocenters. The van der Waals surface area contributed by atoms with Gasteiger partial charge in [-0.05, 0) is 43.5 Å². The molecule has 0 saturated carbocycles. The molecule has 7 heteroatoms. The molecular weight excluding hydrogens is 278 g/mol. The fraction of sp³-hybridized carbons (Fsp3) is 0.462. The van der Waals surface area contributed by atoms with Crippen molar-refractivity contribution in [2.75, 3.05) is 11.9 Å². The number of sulfonamides is 1. The predicted molar refractivity (Wildman–Crippen MR) is 78.6 cm³/mol. The Labute approximate surface area is 119 Å². The molecule has 6 nitrogen and oxygen atoms in total. The number of hydrogen-bond acceptors (Lipinski definition) is 4. The van der Waals surface area contributed by atoms with E-state index in [1.807, 2.05) is 6.92 Å². The molecule has 1 aromatic rings. The van der Waals surface area contributed by atoms with Gasteiger partial charge in [-0.3, -0.25) is 4.79 Å². The lowest BCUT2D eigenvalue weighted by Gasteiger charge is -2.11. The first-order valence-electron chi connectivity index (χ1n) is 6.37. The van der Waals surface area contributed by atoms with Crippen molar-refractivity contribution in [3.63, 3.8) is 0 Å². The van der Waals surface area contributed by atoms with Crippen LogP contribution in [-0.4, -0.2) is 20.9 Å². The van der Waals surface area contributed by atoms with Crippen molar-refractivity contribution in [1.82, 2.24) is 0 Å². The lowest BCUT2D eigenvalue weighted by molar-refractivity contribution is -0.116. The Kier molecular flexibility index (Phi) is 5.67. The molecule has 0 spiro atoms. The van der Waals surface area contributed by atoms with Crippen LogP contribution in [0.3, 0.4) is 0 Å². The van der Waals surface area contributed by atoms with Crippen LogP contribution in [0.25, 0.3) is 0 Å². The second kappa shape index (κ2) is 6.83. The van der Waals surface area contributed by atoms with E-state index in [1.165, 1.54) is 12.1 Å². The highest BCUT2D eigenvalue weighted by atomic mass is 32.2. The fourth-order valence-corrected chi connectivity index (χ4v) is 2.16. The Morgan fingerprint density at radius 3 is 2.60 bits per heavy atom. The number of primary sulfonamides is 1. The molecule has 1 rings (SSSR count). The van der Waals surface area contributed by atoms with Gasteiger partial charge in [-0.15, -0.1) is 0 Å². The molecule has 1 aromatic carbocycles. The highest BCUT2D eigenvalue weighted by Crippen LogP contribution is 2.20. The van der Waals surface area contributed by atoms with Crippen LogP contribution in [0.15, 0.2) is 23.1 Å². The van der Waals surface area contributed by atoms with E-state index in [0.29, 0.717) is 25.1 Å². The van der Waals surface area contributed by atoms with E-state index in [-0.39, 0.29) is 16.7 Å². The maximum Gasteiger partial charge on any atom is 0.238 e. The molecule has 0 heterocycles. The first-order chi connectivity index (χ1) is 9.24. The van der Waals surface area contributed by atoms with E-state index in [4.69, 9.17) is 10.9 Å². The molecule has 112 valence electrons. The Balaban J connectivity index is 2.79. The minimum absolute atomic E-state index is 0.0197. The zero-order chi connectivity index (χ0) is 15.3. The summed E-state index contributed by atoms with van der Waals surface area (Å²) >= 11 is 0. The lowest BCUT2D eigenvalue weighted by atomic mass is 10.1. The molecule has 0 aliphatic heterocycles. The standard InChI is InChI=1S/C13H21N3O3S/c1-9(8-14)3-6-13(17)16-12-7-11(20(15,18)19)5-4-10(12)2/h4-5,7,9H,3,6,8,14H2,1-2H3,(H,16,17)(H2,15,18,19). The number of carbonyl (C=O) groups is 1. The maximum absolute atomic E-state index is 11.8. The molecule has 0 saturated heterocycles. The van der Waals surface area contributed by atoms with Gasteiger partial charge >= 0.3 is 0 Å². The van der Waals surface area contributed by atoms with Crippen LogP contribution in [0.1, 0.15) is 25.3 Å². The Hall–Kier alpha value is -1.44. The van der Waals surface area contributed by atoms with E-state index in [0.717, 1.165) is 5.56 Å². The fourth-order valence-electron chi connectivity index (χ4n) is 1.62. The van der Waals surface area contributed by atoms with Crippen LogP contribution in [0.2, 0.25) is 0 Å². The largest absolute Gasteiger partial charge is 0.330 e. The number of anilines is 1. The van der Waals surface area contributed by atoms with Gasteiger partial charge in [0.25, 0.3) is 0 Å². The molecular formula is C13H21N3O3S. The quantitative estimate of drug-likeness (QED) is 0.725. The molecule has 0 aliphatic carbocycles. The summed E-state index contributed by atoms with van der Waals surface area (Å²) in [5.41, 5.74) is 6.73.